The lowest BCUT2D eigenvalue weighted by molar-refractivity contribution is -0.138. The summed E-state index contributed by atoms with van der Waals surface area (Å²) in [5.74, 6) is -0.877. The Labute approximate surface area is 155 Å². The number of piperidine rings is 1. The molecule has 2 aliphatic rings. The maximum Gasteiger partial charge on any atom is 0.303 e. The normalized spacial score (nSPS) is 24.0. The van der Waals surface area contributed by atoms with Crippen molar-refractivity contribution in [3.05, 3.63) is 34.9 Å². The Bertz CT molecular complexity index is 832. The van der Waals surface area contributed by atoms with Gasteiger partial charge in [-0.1, -0.05) is 17.7 Å². The molecule has 1 saturated heterocycles. The number of aliphatic carboxylic acids is 1. The third kappa shape index (κ3) is 4.32. The Balaban J connectivity index is 1.85. The number of carbonyl (C=O) groups is 1. The monoisotopic (exact) mass is 378 g/mol. The Morgan fingerprint density at radius 2 is 2.12 bits per heavy atom. The number of carboxylic acid groups (broad SMARTS) is 1. The average molecular weight is 378 g/mol. The molecule has 7 heteroatoms. The molecule has 142 valence electrons. The molecule has 0 amide bonds. The first-order valence-electron chi connectivity index (χ1n) is 9.04. The summed E-state index contributed by atoms with van der Waals surface area (Å²) in [7, 11) is -3.27. The van der Waals surface area contributed by atoms with Gasteiger partial charge in [0.1, 0.15) is 0 Å². The highest BCUT2D eigenvalue weighted by Crippen LogP contribution is 2.33. The zero-order chi connectivity index (χ0) is 18.9. The number of rotatable bonds is 5. The van der Waals surface area contributed by atoms with Crippen LogP contribution in [0.25, 0.3) is 0 Å². The Morgan fingerprint density at radius 3 is 2.81 bits per heavy atom. The van der Waals surface area contributed by atoms with Crippen LogP contribution in [-0.4, -0.2) is 55.4 Å². The second-order valence-corrected chi connectivity index (χ2v) is 9.45. The maximum absolute atomic E-state index is 12.0. The summed E-state index contributed by atoms with van der Waals surface area (Å²) < 4.78 is 25.4. The molecule has 6 nitrogen and oxygen atoms in total. The Hall–Kier alpha value is -1.73. The van der Waals surface area contributed by atoms with Crippen molar-refractivity contribution in [1.29, 1.82) is 0 Å². The van der Waals surface area contributed by atoms with Crippen molar-refractivity contribution in [1.82, 2.24) is 4.31 Å². The lowest BCUT2D eigenvalue weighted by atomic mass is 9.79. The molecule has 2 atom stereocenters. The van der Waals surface area contributed by atoms with E-state index < -0.39 is 16.0 Å². The fourth-order valence-electron chi connectivity index (χ4n) is 4.07. The van der Waals surface area contributed by atoms with Crippen molar-refractivity contribution in [3.63, 3.8) is 0 Å². The Kier molecular flexibility index (Phi) is 5.48. The van der Waals surface area contributed by atoms with Crippen LogP contribution in [0.3, 0.4) is 0 Å². The van der Waals surface area contributed by atoms with Crippen molar-refractivity contribution in [2.75, 3.05) is 25.9 Å². The molecule has 3 rings (SSSR count). The van der Waals surface area contributed by atoms with Crippen LogP contribution in [0.5, 0.6) is 0 Å². The molecule has 0 bridgehead atoms. The number of nitrogens with zero attached hydrogens (tertiary/aromatic N) is 2. The van der Waals surface area contributed by atoms with Crippen molar-refractivity contribution >= 4 is 21.7 Å². The van der Waals surface area contributed by atoms with Crippen molar-refractivity contribution in [2.24, 2.45) is 16.8 Å². The van der Waals surface area contributed by atoms with Gasteiger partial charge in [0.2, 0.25) is 10.0 Å². The number of carboxylic acids is 1. The molecule has 0 aromatic heterocycles. The van der Waals surface area contributed by atoms with E-state index in [4.69, 9.17) is 4.99 Å². The molecule has 1 aromatic carbocycles. The molecule has 0 aliphatic carbocycles. The number of aliphatic imine (C=N–C) groups is 1. The largest absolute Gasteiger partial charge is 0.481 e. The number of hydrogen-bond donors (Lipinski definition) is 1. The minimum absolute atomic E-state index is 0.0246. The van der Waals surface area contributed by atoms with Gasteiger partial charge in [0, 0.05) is 31.8 Å². The average Bonchev–Trinajstić information content (AvgIpc) is 2.55. The van der Waals surface area contributed by atoms with E-state index in [9.17, 15) is 18.3 Å². The van der Waals surface area contributed by atoms with E-state index in [0.717, 1.165) is 24.2 Å². The van der Waals surface area contributed by atoms with E-state index in [1.807, 2.05) is 6.92 Å². The summed E-state index contributed by atoms with van der Waals surface area (Å²) in [4.78, 5) is 16.0. The summed E-state index contributed by atoms with van der Waals surface area (Å²) in [5.41, 5.74) is 4.57. The lowest BCUT2D eigenvalue weighted by Gasteiger charge is -2.37. The summed E-state index contributed by atoms with van der Waals surface area (Å²) in [6.45, 7) is 3.55. The highest BCUT2D eigenvalue weighted by atomic mass is 32.2. The van der Waals surface area contributed by atoms with E-state index in [1.54, 1.807) is 0 Å². The first kappa shape index (κ1) is 19.0. The van der Waals surface area contributed by atoms with Crippen LogP contribution in [0, 0.1) is 18.8 Å². The van der Waals surface area contributed by atoms with Crippen LogP contribution in [0.2, 0.25) is 0 Å². The maximum atomic E-state index is 12.0. The molecule has 0 spiro atoms. The third-order valence-electron chi connectivity index (χ3n) is 5.48. The van der Waals surface area contributed by atoms with Gasteiger partial charge in [-0.2, -0.15) is 0 Å². The molecular formula is C19H26N2O4S. The molecule has 0 unspecified atom stereocenters. The predicted octanol–water partition coefficient (Wildman–Crippen LogP) is 2.10. The van der Waals surface area contributed by atoms with Crippen molar-refractivity contribution < 1.29 is 18.3 Å². The van der Waals surface area contributed by atoms with E-state index in [2.05, 4.69) is 18.2 Å². The third-order valence-corrected chi connectivity index (χ3v) is 6.75. The number of aryl methyl sites for hydroxylation is 1. The van der Waals surface area contributed by atoms with Crippen LogP contribution in [0.4, 0.5) is 0 Å². The zero-order valence-electron chi connectivity index (χ0n) is 15.3. The number of hydrogen-bond acceptors (Lipinski definition) is 4. The molecule has 1 N–H and O–H groups in total. The fourth-order valence-corrected chi connectivity index (χ4v) is 4.97. The van der Waals surface area contributed by atoms with Gasteiger partial charge in [0.15, 0.2) is 0 Å². The van der Waals surface area contributed by atoms with Crippen molar-refractivity contribution in [3.8, 4) is 0 Å². The van der Waals surface area contributed by atoms with Gasteiger partial charge in [-0.3, -0.25) is 9.79 Å². The summed E-state index contributed by atoms with van der Waals surface area (Å²) in [6, 6.07) is 6.37. The first-order chi connectivity index (χ1) is 12.2. The summed E-state index contributed by atoms with van der Waals surface area (Å²) in [5, 5.41) is 9.25. The quantitative estimate of drug-likeness (QED) is 0.850. The Morgan fingerprint density at radius 1 is 1.35 bits per heavy atom. The van der Waals surface area contributed by atoms with E-state index in [1.165, 1.54) is 21.7 Å². The predicted molar refractivity (Wildman–Crippen MR) is 101 cm³/mol. The molecule has 2 heterocycles. The number of fused-ring (bicyclic) bond motifs is 1. The van der Waals surface area contributed by atoms with Gasteiger partial charge in [0.25, 0.3) is 0 Å². The lowest BCUT2D eigenvalue weighted by Crippen LogP contribution is -2.44. The van der Waals surface area contributed by atoms with Crippen LogP contribution in [-0.2, 0) is 21.2 Å². The highest BCUT2D eigenvalue weighted by molar-refractivity contribution is 7.88. The highest BCUT2D eigenvalue weighted by Gasteiger charge is 2.35. The minimum atomic E-state index is -3.27. The second kappa shape index (κ2) is 7.48. The van der Waals surface area contributed by atoms with Gasteiger partial charge in [-0.05, 0) is 55.2 Å². The van der Waals surface area contributed by atoms with Crippen LogP contribution >= 0.6 is 0 Å². The van der Waals surface area contributed by atoms with E-state index in [-0.39, 0.29) is 18.3 Å². The van der Waals surface area contributed by atoms with E-state index in [0.29, 0.717) is 25.9 Å². The molecule has 1 fully saturated rings. The standard InChI is InChI=1S/C19H26N2O4S/c1-13-3-4-14-5-7-20-18(17(14)9-13)10-16-12-21(26(2,24)25)8-6-15(16)11-19(22)23/h3-4,9,15-16H,5-8,10-12H2,1-2H3,(H,22,23)/t15-,16-/m0/s1. The molecule has 26 heavy (non-hydrogen) atoms. The van der Waals surface area contributed by atoms with Gasteiger partial charge in [-0.25, -0.2) is 12.7 Å². The van der Waals surface area contributed by atoms with Crippen molar-refractivity contribution in [2.45, 2.75) is 32.6 Å². The topological polar surface area (TPSA) is 87.0 Å². The van der Waals surface area contributed by atoms with E-state index >= 15 is 0 Å². The van der Waals surface area contributed by atoms with Gasteiger partial charge in [-0.15, -0.1) is 0 Å². The second-order valence-electron chi connectivity index (χ2n) is 7.47. The summed E-state index contributed by atoms with van der Waals surface area (Å²) in [6.07, 6.45) is 3.42. The number of benzene rings is 1. The fraction of sp³-hybridized carbons (Fsp3) is 0.579. The summed E-state index contributed by atoms with van der Waals surface area (Å²) >= 11 is 0. The minimum Gasteiger partial charge on any atom is -0.481 e. The molecule has 0 saturated carbocycles. The smallest absolute Gasteiger partial charge is 0.303 e. The SMILES string of the molecule is Cc1ccc2c(c1)C(C[C@H]1CN(S(C)(=O)=O)CC[C@H]1CC(=O)O)=NCC2. The molecule has 0 radical (unpaired) electrons. The van der Waals surface area contributed by atoms with Crippen LogP contribution < -0.4 is 0 Å². The zero-order valence-corrected chi connectivity index (χ0v) is 16.1. The molecular weight excluding hydrogens is 352 g/mol. The molecule has 1 aromatic rings. The first-order valence-corrected chi connectivity index (χ1v) is 10.9. The van der Waals surface area contributed by atoms with Crippen LogP contribution in [0.15, 0.2) is 23.2 Å². The van der Waals surface area contributed by atoms with Crippen LogP contribution in [0.1, 0.15) is 36.0 Å². The van der Waals surface area contributed by atoms with Gasteiger partial charge < -0.3 is 5.11 Å². The van der Waals surface area contributed by atoms with Gasteiger partial charge >= 0.3 is 5.97 Å². The number of sulfonamides is 1. The van der Waals surface area contributed by atoms with Gasteiger partial charge in [0.05, 0.1) is 6.26 Å². The molecule has 2 aliphatic heterocycles.